The van der Waals surface area contributed by atoms with Gasteiger partial charge in [-0.05, 0) is 31.0 Å². The smallest absolute Gasteiger partial charge is 0.253 e. The second kappa shape index (κ2) is 6.02. The Labute approximate surface area is 111 Å². The number of anilines is 1. The molecule has 0 radical (unpaired) electrons. The maximum absolute atomic E-state index is 12.9. The summed E-state index contributed by atoms with van der Waals surface area (Å²) < 4.78 is 12.9. The van der Waals surface area contributed by atoms with Crippen molar-refractivity contribution in [3.8, 4) is 0 Å². The zero-order chi connectivity index (χ0) is 13.8. The number of hydrogen-bond donors (Lipinski definition) is 3. The third-order valence-electron chi connectivity index (χ3n) is 3.65. The number of aliphatic hydroxyl groups is 1. The number of nitrogen functional groups attached to an aromatic ring is 1. The topological polar surface area (TPSA) is 75.4 Å². The zero-order valence-corrected chi connectivity index (χ0v) is 10.7. The fourth-order valence-electron chi connectivity index (χ4n) is 2.49. The molecular formula is C14H19FN2O2. The van der Waals surface area contributed by atoms with Crippen LogP contribution in [0.25, 0.3) is 0 Å². The summed E-state index contributed by atoms with van der Waals surface area (Å²) in [5.74, 6) is -0.689. The number of benzene rings is 1. The number of aliphatic hydroxyl groups excluding tert-OH is 1. The maximum atomic E-state index is 12.9. The first-order valence-electron chi connectivity index (χ1n) is 6.59. The number of rotatable bonds is 3. The standard InChI is InChI=1S/C14H19FN2O2/c15-10-5-6-11(12(16)7-10)14(19)17-8-9-3-1-2-4-13(9)18/h5-7,9,13,18H,1-4,8,16H2,(H,17,19). The van der Waals surface area contributed by atoms with Crippen molar-refractivity contribution < 1.29 is 14.3 Å². The monoisotopic (exact) mass is 266 g/mol. The number of hydrogen-bond acceptors (Lipinski definition) is 3. The lowest BCUT2D eigenvalue weighted by Gasteiger charge is -2.27. The van der Waals surface area contributed by atoms with Gasteiger partial charge in [-0.2, -0.15) is 0 Å². The number of nitrogens with one attached hydrogen (secondary N) is 1. The predicted octanol–water partition coefficient (Wildman–Crippen LogP) is 1.69. The number of carbonyl (C=O) groups excluding carboxylic acids is 1. The van der Waals surface area contributed by atoms with Gasteiger partial charge in [0.15, 0.2) is 0 Å². The molecule has 1 fully saturated rings. The first-order chi connectivity index (χ1) is 9.08. The highest BCUT2D eigenvalue weighted by Gasteiger charge is 2.23. The van der Waals surface area contributed by atoms with E-state index in [9.17, 15) is 14.3 Å². The van der Waals surface area contributed by atoms with Gasteiger partial charge >= 0.3 is 0 Å². The molecule has 0 aliphatic heterocycles. The van der Waals surface area contributed by atoms with E-state index in [2.05, 4.69) is 5.32 Å². The molecule has 0 bridgehead atoms. The molecule has 2 atom stereocenters. The molecule has 1 aliphatic rings. The van der Waals surface area contributed by atoms with Crippen LogP contribution in [0.4, 0.5) is 10.1 Å². The molecule has 0 aromatic heterocycles. The lowest BCUT2D eigenvalue weighted by Crippen LogP contribution is -2.36. The molecule has 1 aromatic rings. The van der Waals surface area contributed by atoms with E-state index in [4.69, 9.17) is 5.73 Å². The SMILES string of the molecule is Nc1cc(F)ccc1C(=O)NCC1CCCCC1O. The van der Waals surface area contributed by atoms with E-state index in [-0.39, 0.29) is 29.2 Å². The quantitative estimate of drug-likeness (QED) is 0.729. The van der Waals surface area contributed by atoms with E-state index in [0.717, 1.165) is 31.7 Å². The first-order valence-corrected chi connectivity index (χ1v) is 6.59. The van der Waals surface area contributed by atoms with Gasteiger partial charge in [-0.15, -0.1) is 0 Å². The van der Waals surface area contributed by atoms with Crippen molar-refractivity contribution in [3.05, 3.63) is 29.6 Å². The van der Waals surface area contributed by atoms with Gasteiger partial charge in [0, 0.05) is 18.2 Å². The summed E-state index contributed by atoms with van der Waals surface area (Å²) in [6.45, 7) is 0.427. The van der Waals surface area contributed by atoms with Gasteiger partial charge in [-0.1, -0.05) is 12.8 Å². The average molecular weight is 266 g/mol. The Morgan fingerprint density at radius 3 is 2.84 bits per heavy atom. The molecule has 1 saturated carbocycles. The largest absolute Gasteiger partial charge is 0.398 e. The van der Waals surface area contributed by atoms with Crippen molar-refractivity contribution in [2.45, 2.75) is 31.8 Å². The molecule has 0 saturated heterocycles. The van der Waals surface area contributed by atoms with Crippen LogP contribution >= 0.6 is 0 Å². The highest BCUT2D eigenvalue weighted by Crippen LogP contribution is 2.23. The van der Waals surface area contributed by atoms with Crippen molar-refractivity contribution in [1.82, 2.24) is 5.32 Å². The van der Waals surface area contributed by atoms with Crippen LogP contribution in [0.1, 0.15) is 36.0 Å². The molecule has 5 heteroatoms. The Morgan fingerprint density at radius 1 is 1.42 bits per heavy atom. The van der Waals surface area contributed by atoms with Crippen molar-refractivity contribution in [2.24, 2.45) is 5.92 Å². The fraction of sp³-hybridized carbons (Fsp3) is 0.500. The Bertz CT molecular complexity index is 465. The van der Waals surface area contributed by atoms with Crippen LogP contribution in [0, 0.1) is 11.7 Å². The Kier molecular flexibility index (Phi) is 4.37. The minimum atomic E-state index is -0.461. The van der Waals surface area contributed by atoms with E-state index in [1.165, 1.54) is 12.1 Å². The molecule has 0 heterocycles. The van der Waals surface area contributed by atoms with Gasteiger partial charge in [-0.25, -0.2) is 4.39 Å². The molecule has 2 unspecified atom stereocenters. The highest BCUT2D eigenvalue weighted by molar-refractivity contribution is 5.99. The Morgan fingerprint density at radius 2 is 2.16 bits per heavy atom. The molecule has 104 valence electrons. The molecule has 4 N–H and O–H groups in total. The van der Waals surface area contributed by atoms with Crippen LogP contribution in [-0.2, 0) is 0 Å². The van der Waals surface area contributed by atoms with Crippen molar-refractivity contribution in [1.29, 1.82) is 0 Å². The maximum Gasteiger partial charge on any atom is 0.253 e. The van der Waals surface area contributed by atoms with Crippen molar-refractivity contribution in [3.63, 3.8) is 0 Å². The van der Waals surface area contributed by atoms with E-state index < -0.39 is 5.82 Å². The summed E-state index contributed by atoms with van der Waals surface area (Å²) in [6, 6.07) is 3.71. The summed E-state index contributed by atoms with van der Waals surface area (Å²) >= 11 is 0. The molecule has 1 aliphatic carbocycles. The lowest BCUT2D eigenvalue weighted by molar-refractivity contribution is 0.0663. The predicted molar refractivity (Wildman–Crippen MR) is 71.1 cm³/mol. The summed E-state index contributed by atoms with van der Waals surface area (Å²) in [7, 11) is 0. The van der Waals surface area contributed by atoms with Gasteiger partial charge in [0.05, 0.1) is 11.7 Å². The molecule has 1 amide bonds. The number of halogens is 1. The molecule has 1 aromatic carbocycles. The molecule has 0 spiro atoms. The molecular weight excluding hydrogens is 247 g/mol. The van der Waals surface area contributed by atoms with Gasteiger partial charge in [0.2, 0.25) is 0 Å². The second-order valence-corrected chi connectivity index (χ2v) is 5.05. The van der Waals surface area contributed by atoms with Crippen LogP contribution in [0.3, 0.4) is 0 Å². The number of amides is 1. The lowest BCUT2D eigenvalue weighted by atomic mass is 9.86. The normalized spacial score (nSPS) is 23.1. The van der Waals surface area contributed by atoms with Crippen molar-refractivity contribution >= 4 is 11.6 Å². The van der Waals surface area contributed by atoms with E-state index in [1.54, 1.807) is 0 Å². The minimum absolute atomic E-state index is 0.0966. The van der Waals surface area contributed by atoms with Crippen LogP contribution in [0.2, 0.25) is 0 Å². The van der Waals surface area contributed by atoms with Gasteiger partial charge < -0.3 is 16.2 Å². The van der Waals surface area contributed by atoms with Crippen LogP contribution in [0.5, 0.6) is 0 Å². The molecule has 19 heavy (non-hydrogen) atoms. The van der Waals surface area contributed by atoms with Crippen LogP contribution in [-0.4, -0.2) is 23.7 Å². The summed E-state index contributed by atoms with van der Waals surface area (Å²) in [5.41, 5.74) is 6.00. The number of carbonyl (C=O) groups is 1. The van der Waals surface area contributed by atoms with Crippen LogP contribution < -0.4 is 11.1 Å². The van der Waals surface area contributed by atoms with Crippen molar-refractivity contribution in [2.75, 3.05) is 12.3 Å². The summed E-state index contributed by atoms with van der Waals surface area (Å²) in [4.78, 5) is 11.9. The van der Waals surface area contributed by atoms with Gasteiger partial charge in [0.1, 0.15) is 5.82 Å². The zero-order valence-electron chi connectivity index (χ0n) is 10.7. The first kappa shape index (κ1) is 13.8. The minimum Gasteiger partial charge on any atom is -0.398 e. The van der Waals surface area contributed by atoms with E-state index in [1.807, 2.05) is 0 Å². The summed E-state index contributed by atoms with van der Waals surface area (Å²) in [6.07, 6.45) is 3.48. The Balaban J connectivity index is 1.93. The van der Waals surface area contributed by atoms with E-state index in [0.29, 0.717) is 6.54 Å². The number of nitrogens with two attached hydrogens (primary N) is 1. The fourth-order valence-corrected chi connectivity index (χ4v) is 2.49. The molecule has 2 rings (SSSR count). The highest BCUT2D eigenvalue weighted by atomic mass is 19.1. The second-order valence-electron chi connectivity index (χ2n) is 5.05. The van der Waals surface area contributed by atoms with Crippen LogP contribution in [0.15, 0.2) is 18.2 Å². The third kappa shape index (κ3) is 3.44. The Hall–Kier alpha value is -1.62. The van der Waals surface area contributed by atoms with Gasteiger partial charge in [0.25, 0.3) is 5.91 Å². The summed E-state index contributed by atoms with van der Waals surface area (Å²) in [5, 5.41) is 12.6. The average Bonchev–Trinajstić information content (AvgIpc) is 2.37. The molecule has 4 nitrogen and oxygen atoms in total. The van der Waals surface area contributed by atoms with E-state index >= 15 is 0 Å². The van der Waals surface area contributed by atoms with Gasteiger partial charge in [-0.3, -0.25) is 4.79 Å². The third-order valence-corrected chi connectivity index (χ3v) is 3.65.